The van der Waals surface area contributed by atoms with E-state index in [9.17, 15) is 18.3 Å². The van der Waals surface area contributed by atoms with Crippen LogP contribution in [0.25, 0.3) is 0 Å². The molecule has 0 saturated carbocycles. The zero-order valence-corrected chi connectivity index (χ0v) is 21.0. The lowest BCUT2D eigenvalue weighted by molar-refractivity contribution is -0.139. The number of rotatable bonds is 5. The van der Waals surface area contributed by atoms with Crippen LogP contribution in [-0.2, 0) is 19.6 Å². The maximum Gasteiger partial charge on any atom is 0.256 e. The van der Waals surface area contributed by atoms with Gasteiger partial charge in [-0.15, -0.1) is 0 Å². The van der Waals surface area contributed by atoms with E-state index in [0.29, 0.717) is 75.5 Å². The molecule has 1 atom stereocenters. The molecular weight excluding hydrogens is 500 g/mol. The largest absolute Gasteiger partial charge is 0.486 e. The van der Waals surface area contributed by atoms with E-state index in [1.807, 2.05) is 0 Å². The van der Waals surface area contributed by atoms with Gasteiger partial charge in [-0.2, -0.15) is 4.31 Å². The lowest BCUT2D eigenvalue weighted by Crippen LogP contribution is -2.38. The molecule has 1 unspecified atom stereocenters. The second-order valence-corrected chi connectivity index (χ2v) is 11.4. The Morgan fingerprint density at radius 3 is 2.35 bits per heavy atom. The Kier molecular flexibility index (Phi) is 6.27. The van der Waals surface area contributed by atoms with Gasteiger partial charge in [0, 0.05) is 51.5 Å². The standard InChI is InChI=1S/C25H28N4O7S/c30-24(17-3-4-26-23(11-17)27-5-7-34-8-6-27)25(31)28-13-18-15-29(16-19(18)14-28)37(32,33)20-1-2-21-22(12-20)36-10-9-35-21/h1-4,11-12,24,30H,5-10,13-16H2. The second-order valence-electron chi connectivity index (χ2n) is 9.43. The monoisotopic (exact) mass is 528 g/mol. The van der Waals surface area contributed by atoms with E-state index in [-0.39, 0.29) is 18.0 Å². The van der Waals surface area contributed by atoms with Crippen LogP contribution in [0.5, 0.6) is 11.5 Å². The predicted octanol–water partition coefficient (Wildman–Crippen LogP) is 0.566. The minimum Gasteiger partial charge on any atom is -0.486 e. The van der Waals surface area contributed by atoms with Gasteiger partial charge in [-0.3, -0.25) is 4.79 Å². The summed E-state index contributed by atoms with van der Waals surface area (Å²) in [4.78, 5) is 21.3. The number of anilines is 1. The normalized spacial score (nSPS) is 20.8. The number of pyridine rings is 1. The minimum atomic E-state index is -3.74. The molecule has 196 valence electrons. The van der Waals surface area contributed by atoms with Crippen LogP contribution in [0.1, 0.15) is 11.7 Å². The van der Waals surface area contributed by atoms with E-state index in [1.54, 1.807) is 29.3 Å². The highest BCUT2D eigenvalue weighted by Crippen LogP contribution is 2.36. The average molecular weight is 529 g/mol. The van der Waals surface area contributed by atoms with Crippen molar-refractivity contribution < 1.29 is 32.5 Å². The molecule has 1 amide bonds. The van der Waals surface area contributed by atoms with Crippen LogP contribution >= 0.6 is 0 Å². The van der Waals surface area contributed by atoms with Crippen LogP contribution in [-0.4, -0.2) is 99.3 Å². The van der Waals surface area contributed by atoms with Crippen molar-refractivity contribution in [3.05, 3.63) is 53.2 Å². The number of hydrogen-bond donors (Lipinski definition) is 1. The summed E-state index contributed by atoms with van der Waals surface area (Å²) >= 11 is 0. The van der Waals surface area contributed by atoms with E-state index in [2.05, 4.69) is 9.88 Å². The predicted molar refractivity (Wildman–Crippen MR) is 132 cm³/mol. The molecule has 0 spiro atoms. The summed E-state index contributed by atoms with van der Waals surface area (Å²) in [5, 5.41) is 10.9. The molecule has 1 N–H and O–H groups in total. The Morgan fingerprint density at radius 2 is 1.62 bits per heavy atom. The Balaban J connectivity index is 1.10. The molecule has 0 radical (unpaired) electrons. The molecule has 1 fully saturated rings. The number of aromatic nitrogens is 1. The topological polar surface area (TPSA) is 122 Å². The zero-order chi connectivity index (χ0) is 25.6. The zero-order valence-electron chi connectivity index (χ0n) is 20.2. The van der Waals surface area contributed by atoms with Crippen molar-refractivity contribution in [2.75, 3.05) is 70.6 Å². The third-order valence-electron chi connectivity index (χ3n) is 7.12. The lowest BCUT2D eigenvalue weighted by atomic mass is 10.1. The molecule has 1 saturated heterocycles. The van der Waals surface area contributed by atoms with Gasteiger partial charge in [0.25, 0.3) is 5.91 Å². The number of nitrogens with zero attached hydrogens (tertiary/aromatic N) is 4. The number of aliphatic hydroxyl groups excluding tert-OH is 1. The number of carbonyl (C=O) groups excluding carboxylic acids is 1. The molecule has 0 bridgehead atoms. The van der Waals surface area contributed by atoms with Crippen molar-refractivity contribution in [2.45, 2.75) is 11.0 Å². The van der Waals surface area contributed by atoms with Gasteiger partial charge in [0.1, 0.15) is 19.0 Å². The molecule has 12 heteroatoms. The van der Waals surface area contributed by atoms with Crippen LogP contribution in [0.3, 0.4) is 0 Å². The van der Waals surface area contributed by atoms with Gasteiger partial charge in [-0.25, -0.2) is 13.4 Å². The Labute approximate surface area is 214 Å². The van der Waals surface area contributed by atoms with E-state index < -0.39 is 22.0 Å². The number of morpholine rings is 1. The third-order valence-corrected chi connectivity index (χ3v) is 8.90. The lowest BCUT2D eigenvalue weighted by Gasteiger charge is -2.28. The second kappa shape index (κ2) is 9.60. The number of hydrogen-bond acceptors (Lipinski definition) is 9. The van der Waals surface area contributed by atoms with Crippen LogP contribution in [0, 0.1) is 0 Å². The van der Waals surface area contributed by atoms with Gasteiger partial charge in [0.15, 0.2) is 17.6 Å². The fourth-order valence-electron chi connectivity index (χ4n) is 5.09. The highest BCUT2D eigenvalue weighted by atomic mass is 32.2. The number of aliphatic hydroxyl groups is 1. The molecule has 4 aliphatic heterocycles. The number of ether oxygens (including phenoxy) is 3. The summed E-state index contributed by atoms with van der Waals surface area (Å²) in [7, 11) is -3.74. The summed E-state index contributed by atoms with van der Waals surface area (Å²) in [6.07, 6.45) is 0.278. The summed E-state index contributed by atoms with van der Waals surface area (Å²) in [5.74, 6) is 1.25. The number of fused-ring (bicyclic) bond motifs is 1. The highest BCUT2D eigenvalue weighted by molar-refractivity contribution is 7.89. The van der Waals surface area contributed by atoms with Crippen molar-refractivity contribution >= 4 is 21.7 Å². The van der Waals surface area contributed by atoms with Gasteiger partial charge in [0.05, 0.1) is 18.1 Å². The van der Waals surface area contributed by atoms with Gasteiger partial charge in [-0.05, 0) is 41.0 Å². The first-order valence-electron chi connectivity index (χ1n) is 12.3. The van der Waals surface area contributed by atoms with Crippen molar-refractivity contribution in [1.29, 1.82) is 0 Å². The fraction of sp³-hybridized carbons (Fsp3) is 0.440. The molecule has 1 aromatic heterocycles. The van der Waals surface area contributed by atoms with E-state index in [0.717, 1.165) is 11.1 Å². The summed E-state index contributed by atoms with van der Waals surface area (Å²) in [6, 6.07) is 8.03. The van der Waals surface area contributed by atoms with Gasteiger partial charge < -0.3 is 29.1 Å². The molecule has 2 aromatic rings. The first-order chi connectivity index (χ1) is 17.9. The molecule has 37 heavy (non-hydrogen) atoms. The van der Waals surface area contributed by atoms with Gasteiger partial charge >= 0.3 is 0 Å². The SMILES string of the molecule is O=C(C(O)c1ccnc(N2CCOCC2)c1)N1CC2=C(C1)CN(S(=O)(=O)c1ccc3c(c1)OCCO3)C2. The molecule has 5 heterocycles. The molecular formula is C25H28N4O7S. The van der Waals surface area contributed by atoms with Crippen molar-refractivity contribution in [3.8, 4) is 11.5 Å². The average Bonchev–Trinajstić information content (AvgIpc) is 3.53. The smallest absolute Gasteiger partial charge is 0.256 e. The number of sulfonamides is 1. The number of amides is 1. The fourth-order valence-corrected chi connectivity index (χ4v) is 6.54. The first kappa shape index (κ1) is 24.2. The van der Waals surface area contributed by atoms with Crippen LogP contribution in [0.2, 0.25) is 0 Å². The number of carbonyl (C=O) groups is 1. The van der Waals surface area contributed by atoms with Crippen molar-refractivity contribution in [1.82, 2.24) is 14.2 Å². The Bertz CT molecular complexity index is 1340. The highest BCUT2D eigenvalue weighted by Gasteiger charge is 2.39. The Hall–Kier alpha value is -3.19. The third kappa shape index (κ3) is 4.54. The molecule has 6 rings (SSSR count). The quantitative estimate of drug-likeness (QED) is 0.555. The van der Waals surface area contributed by atoms with Crippen molar-refractivity contribution in [3.63, 3.8) is 0 Å². The van der Waals surface area contributed by atoms with Crippen LogP contribution in [0.15, 0.2) is 52.6 Å². The summed E-state index contributed by atoms with van der Waals surface area (Å²) < 4.78 is 44.4. The first-order valence-corrected chi connectivity index (χ1v) is 13.7. The Morgan fingerprint density at radius 1 is 0.919 bits per heavy atom. The summed E-state index contributed by atoms with van der Waals surface area (Å²) in [6.45, 7) is 4.44. The number of benzene rings is 1. The van der Waals surface area contributed by atoms with Crippen LogP contribution in [0.4, 0.5) is 5.82 Å². The molecule has 0 aliphatic carbocycles. The van der Waals surface area contributed by atoms with Crippen LogP contribution < -0.4 is 14.4 Å². The molecule has 1 aromatic carbocycles. The van der Waals surface area contributed by atoms with Gasteiger partial charge in [-0.1, -0.05) is 0 Å². The molecule has 11 nitrogen and oxygen atoms in total. The van der Waals surface area contributed by atoms with E-state index in [1.165, 1.54) is 16.4 Å². The maximum absolute atomic E-state index is 13.3. The minimum absolute atomic E-state index is 0.148. The van der Waals surface area contributed by atoms with E-state index in [4.69, 9.17) is 14.2 Å². The summed E-state index contributed by atoms with van der Waals surface area (Å²) in [5.41, 5.74) is 2.27. The van der Waals surface area contributed by atoms with E-state index >= 15 is 0 Å². The van der Waals surface area contributed by atoms with Crippen molar-refractivity contribution in [2.24, 2.45) is 0 Å². The van der Waals surface area contributed by atoms with Gasteiger partial charge in [0.2, 0.25) is 10.0 Å². The molecule has 4 aliphatic rings. The maximum atomic E-state index is 13.3.